The zero-order chi connectivity index (χ0) is 15.6. The van der Waals surface area contributed by atoms with Gasteiger partial charge in [-0.15, -0.1) is 0 Å². The molecule has 0 unspecified atom stereocenters. The highest BCUT2D eigenvalue weighted by atomic mass is 19.4. The van der Waals surface area contributed by atoms with E-state index in [0.717, 1.165) is 16.8 Å². The average molecular weight is 300 g/mol. The van der Waals surface area contributed by atoms with Gasteiger partial charge in [0.1, 0.15) is 0 Å². The van der Waals surface area contributed by atoms with Crippen molar-refractivity contribution in [3.63, 3.8) is 0 Å². The number of likely N-dealkylation sites (tertiary alicyclic amines) is 1. The Kier molecular flexibility index (Phi) is 4.91. The first kappa shape index (κ1) is 16.3. The van der Waals surface area contributed by atoms with Crippen LogP contribution in [-0.2, 0) is 6.54 Å². The van der Waals surface area contributed by atoms with E-state index in [4.69, 9.17) is 0 Å². The third-order valence-electron chi connectivity index (χ3n) is 4.18. The molecule has 0 N–H and O–H groups in total. The summed E-state index contributed by atoms with van der Waals surface area (Å²) in [6.07, 6.45) is -1.76. The molecule has 0 radical (unpaired) electrons. The molecular formula is C16H23F3N2. The number of hydrogen-bond donors (Lipinski definition) is 0. The summed E-state index contributed by atoms with van der Waals surface area (Å²) in [5.74, 6) is -0.737. The highest BCUT2D eigenvalue weighted by molar-refractivity contribution is 5.26. The molecule has 0 aromatic carbocycles. The molecule has 1 fully saturated rings. The van der Waals surface area contributed by atoms with Gasteiger partial charge in [-0.2, -0.15) is 13.2 Å². The van der Waals surface area contributed by atoms with E-state index in [0.29, 0.717) is 25.6 Å². The van der Waals surface area contributed by atoms with Gasteiger partial charge in [0.05, 0.1) is 5.92 Å². The van der Waals surface area contributed by atoms with Crippen molar-refractivity contribution in [2.24, 2.45) is 5.92 Å². The van der Waals surface area contributed by atoms with E-state index in [-0.39, 0.29) is 12.8 Å². The fraction of sp³-hybridized carbons (Fsp3) is 0.688. The number of alkyl halides is 3. The lowest BCUT2D eigenvalue weighted by Crippen LogP contribution is -2.38. The predicted molar refractivity (Wildman–Crippen MR) is 77.1 cm³/mol. The van der Waals surface area contributed by atoms with Crippen LogP contribution in [0.2, 0.25) is 0 Å². The molecule has 1 aromatic rings. The minimum atomic E-state index is -4.04. The zero-order valence-corrected chi connectivity index (χ0v) is 12.9. The predicted octanol–water partition coefficient (Wildman–Crippen LogP) is 4.29. The summed E-state index contributed by atoms with van der Waals surface area (Å²) in [5.41, 5.74) is 3.34. The molecule has 1 aromatic heterocycles. The monoisotopic (exact) mass is 300 g/mol. The lowest BCUT2D eigenvalue weighted by Gasteiger charge is -2.32. The summed E-state index contributed by atoms with van der Waals surface area (Å²) < 4.78 is 37.9. The molecular weight excluding hydrogens is 277 g/mol. The smallest absolute Gasteiger partial charge is 0.299 e. The van der Waals surface area contributed by atoms with Crippen LogP contribution in [-0.4, -0.2) is 29.1 Å². The van der Waals surface area contributed by atoms with E-state index in [1.165, 1.54) is 0 Å². The summed E-state index contributed by atoms with van der Waals surface area (Å²) in [4.78, 5) is 6.58. The van der Waals surface area contributed by atoms with Gasteiger partial charge in [-0.3, -0.25) is 9.88 Å². The van der Waals surface area contributed by atoms with E-state index < -0.39 is 12.1 Å². The molecule has 0 spiro atoms. The van der Waals surface area contributed by atoms with Crippen molar-refractivity contribution in [2.75, 3.05) is 13.1 Å². The van der Waals surface area contributed by atoms with E-state index in [9.17, 15) is 13.2 Å². The van der Waals surface area contributed by atoms with Crippen molar-refractivity contribution in [1.29, 1.82) is 0 Å². The fourth-order valence-electron chi connectivity index (χ4n) is 3.01. The molecule has 2 heterocycles. The number of aryl methyl sites for hydroxylation is 1. The molecule has 21 heavy (non-hydrogen) atoms. The van der Waals surface area contributed by atoms with Gasteiger partial charge in [-0.25, -0.2) is 0 Å². The first-order chi connectivity index (χ1) is 9.77. The molecule has 1 aliphatic heterocycles. The minimum Gasteiger partial charge on any atom is -0.299 e. The van der Waals surface area contributed by atoms with Crippen LogP contribution in [0, 0.1) is 12.8 Å². The van der Waals surface area contributed by atoms with Crippen molar-refractivity contribution in [3.8, 4) is 0 Å². The van der Waals surface area contributed by atoms with Gasteiger partial charge in [-0.05, 0) is 49.9 Å². The van der Waals surface area contributed by atoms with Crippen molar-refractivity contribution < 1.29 is 13.2 Å². The molecule has 0 atom stereocenters. The number of nitrogens with zero attached hydrogens (tertiary/aromatic N) is 2. The lowest BCUT2D eigenvalue weighted by atomic mass is 9.96. The second kappa shape index (κ2) is 6.34. The summed E-state index contributed by atoms with van der Waals surface area (Å²) in [5, 5.41) is 0. The van der Waals surface area contributed by atoms with Gasteiger partial charge < -0.3 is 0 Å². The normalized spacial score (nSPS) is 18.4. The van der Waals surface area contributed by atoms with Crippen LogP contribution >= 0.6 is 0 Å². The van der Waals surface area contributed by atoms with E-state index >= 15 is 0 Å². The molecule has 5 heteroatoms. The average Bonchev–Trinajstić information content (AvgIpc) is 2.38. The first-order valence-electron chi connectivity index (χ1n) is 7.52. The number of pyridine rings is 1. The van der Waals surface area contributed by atoms with Crippen LogP contribution in [0.3, 0.4) is 0 Å². The van der Waals surface area contributed by atoms with E-state index in [1.807, 2.05) is 13.1 Å². The van der Waals surface area contributed by atoms with Crippen LogP contribution in [0.5, 0.6) is 0 Å². The molecule has 0 aliphatic carbocycles. The van der Waals surface area contributed by atoms with Crippen LogP contribution < -0.4 is 0 Å². The lowest BCUT2D eigenvalue weighted by molar-refractivity contribution is -0.185. The topological polar surface area (TPSA) is 16.1 Å². The molecule has 0 amide bonds. The molecule has 2 rings (SSSR count). The first-order valence-corrected chi connectivity index (χ1v) is 7.52. The molecule has 0 bridgehead atoms. The molecule has 1 saturated heterocycles. The van der Waals surface area contributed by atoms with Crippen LogP contribution in [0.4, 0.5) is 13.2 Å². The number of halogens is 3. The van der Waals surface area contributed by atoms with Crippen LogP contribution in [0.25, 0.3) is 0 Å². The Balaban J connectivity index is 1.93. The van der Waals surface area contributed by atoms with Gasteiger partial charge in [0.2, 0.25) is 0 Å². The Morgan fingerprint density at radius 3 is 2.38 bits per heavy atom. The largest absolute Gasteiger partial charge is 0.391 e. The van der Waals surface area contributed by atoms with Crippen LogP contribution in [0.1, 0.15) is 49.4 Å². The van der Waals surface area contributed by atoms with E-state index in [1.54, 1.807) is 0 Å². The summed E-state index contributed by atoms with van der Waals surface area (Å²) >= 11 is 0. The second-order valence-corrected chi connectivity index (χ2v) is 6.29. The van der Waals surface area contributed by atoms with Crippen molar-refractivity contribution in [1.82, 2.24) is 9.88 Å². The maximum absolute atomic E-state index is 12.6. The third kappa shape index (κ3) is 4.19. The SMILES string of the molecule is Cc1cc(CN2CCC(C(F)(F)F)CC2)cnc1C(C)C. The third-order valence-corrected chi connectivity index (χ3v) is 4.18. The molecule has 1 aliphatic rings. The summed E-state index contributed by atoms with van der Waals surface area (Å²) in [7, 11) is 0. The maximum Gasteiger partial charge on any atom is 0.391 e. The van der Waals surface area contributed by atoms with Crippen molar-refractivity contribution in [2.45, 2.75) is 52.3 Å². The quantitative estimate of drug-likeness (QED) is 0.828. The number of rotatable bonds is 3. The Morgan fingerprint density at radius 2 is 1.90 bits per heavy atom. The fourth-order valence-corrected chi connectivity index (χ4v) is 3.01. The molecule has 2 nitrogen and oxygen atoms in total. The summed E-state index contributed by atoms with van der Waals surface area (Å²) in [6.45, 7) is 7.97. The number of piperidine rings is 1. The summed E-state index contributed by atoms with van der Waals surface area (Å²) in [6, 6.07) is 2.11. The molecule has 118 valence electrons. The standard InChI is InChI=1S/C16H23F3N2/c1-11(2)15-12(3)8-13(9-20-15)10-21-6-4-14(5-7-21)16(17,18)19/h8-9,11,14H,4-7,10H2,1-3H3. The highest BCUT2D eigenvalue weighted by Crippen LogP contribution is 2.34. The Labute approximate surface area is 124 Å². The number of aromatic nitrogens is 1. The van der Waals surface area contributed by atoms with Gasteiger partial charge >= 0.3 is 6.18 Å². The Hall–Kier alpha value is -1.10. The number of hydrogen-bond acceptors (Lipinski definition) is 2. The van der Waals surface area contributed by atoms with Crippen LogP contribution in [0.15, 0.2) is 12.3 Å². The highest BCUT2D eigenvalue weighted by Gasteiger charge is 2.40. The minimum absolute atomic E-state index is 0.208. The van der Waals surface area contributed by atoms with Gasteiger partial charge in [0.15, 0.2) is 0 Å². The second-order valence-electron chi connectivity index (χ2n) is 6.29. The van der Waals surface area contributed by atoms with E-state index in [2.05, 4.69) is 29.8 Å². The Morgan fingerprint density at radius 1 is 1.29 bits per heavy atom. The van der Waals surface area contributed by atoms with Gasteiger partial charge in [0, 0.05) is 18.4 Å². The maximum atomic E-state index is 12.6. The van der Waals surface area contributed by atoms with Crippen molar-refractivity contribution >= 4 is 0 Å². The van der Waals surface area contributed by atoms with Gasteiger partial charge in [0.25, 0.3) is 0 Å². The zero-order valence-electron chi connectivity index (χ0n) is 12.9. The molecule has 0 saturated carbocycles. The van der Waals surface area contributed by atoms with Gasteiger partial charge in [-0.1, -0.05) is 19.9 Å². The van der Waals surface area contributed by atoms with Crippen molar-refractivity contribution in [3.05, 3.63) is 29.1 Å². The Bertz CT molecular complexity index is 475.